The van der Waals surface area contributed by atoms with Crippen LogP contribution in [0, 0.1) is 5.92 Å². The highest BCUT2D eigenvalue weighted by atomic mass is 32.2. The first-order valence-corrected chi connectivity index (χ1v) is 8.68. The van der Waals surface area contributed by atoms with Crippen molar-refractivity contribution in [1.82, 2.24) is 15.1 Å². The Hall–Kier alpha value is -0.950. The number of nitrogens with zero attached hydrogens (tertiary/aromatic N) is 2. The number of carbonyl (C=O) groups excluding carboxylic acids is 1. The zero-order chi connectivity index (χ0) is 15.4. The lowest BCUT2D eigenvalue weighted by Gasteiger charge is -2.39. The minimum Gasteiger partial charge on any atom is -0.481 e. The molecule has 0 radical (unpaired) electrons. The molecule has 0 aromatic rings. The van der Waals surface area contributed by atoms with Gasteiger partial charge in [0.2, 0.25) is 0 Å². The fourth-order valence-electron chi connectivity index (χ4n) is 3.10. The summed E-state index contributed by atoms with van der Waals surface area (Å²) in [6.07, 6.45) is 0.985. The van der Waals surface area contributed by atoms with Crippen molar-refractivity contribution >= 4 is 23.8 Å². The number of urea groups is 1. The monoisotopic (exact) mass is 315 g/mol. The number of aliphatic carboxylic acids is 1. The van der Waals surface area contributed by atoms with Crippen molar-refractivity contribution in [1.29, 1.82) is 0 Å². The Bertz CT molecular complexity index is 394. The van der Waals surface area contributed by atoms with Crippen LogP contribution in [0.2, 0.25) is 0 Å². The second-order valence-electron chi connectivity index (χ2n) is 6.10. The first-order valence-electron chi connectivity index (χ1n) is 7.52. The van der Waals surface area contributed by atoms with Crippen LogP contribution < -0.4 is 5.32 Å². The number of thioether (sulfide) groups is 1. The van der Waals surface area contributed by atoms with Crippen LogP contribution in [0.1, 0.15) is 19.8 Å². The molecule has 2 rings (SSSR count). The van der Waals surface area contributed by atoms with Crippen LogP contribution in [-0.4, -0.2) is 77.2 Å². The Labute approximate surface area is 130 Å². The SMILES string of the molecule is CC1CN(C)CCC1NC(=O)N1CCSCC1CC(=O)O. The fourth-order valence-corrected chi connectivity index (χ4v) is 4.17. The van der Waals surface area contributed by atoms with Gasteiger partial charge in [-0.05, 0) is 25.9 Å². The number of nitrogens with one attached hydrogen (secondary N) is 1. The zero-order valence-corrected chi connectivity index (χ0v) is 13.6. The van der Waals surface area contributed by atoms with Gasteiger partial charge >= 0.3 is 12.0 Å². The molecule has 2 saturated heterocycles. The maximum Gasteiger partial charge on any atom is 0.317 e. The van der Waals surface area contributed by atoms with Crippen molar-refractivity contribution in [3.05, 3.63) is 0 Å². The van der Waals surface area contributed by atoms with Crippen LogP contribution in [0.5, 0.6) is 0 Å². The summed E-state index contributed by atoms with van der Waals surface area (Å²) in [6.45, 7) is 4.76. The van der Waals surface area contributed by atoms with Crippen LogP contribution in [-0.2, 0) is 4.79 Å². The molecule has 6 nitrogen and oxygen atoms in total. The van der Waals surface area contributed by atoms with Crippen LogP contribution >= 0.6 is 11.8 Å². The number of piperidine rings is 1. The number of hydrogen-bond donors (Lipinski definition) is 2. The van der Waals surface area contributed by atoms with Crippen molar-refractivity contribution in [3.63, 3.8) is 0 Å². The topological polar surface area (TPSA) is 72.9 Å². The molecule has 3 unspecified atom stereocenters. The molecule has 0 spiro atoms. The molecule has 7 heteroatoms. The molecular formula is C14H25N3O3S. The van der Waals surface area contributed by atoms with Crippen LogP contribution in [0.4, 0.5) is 4.79 Å². The van der Waals surface area contributed by atoms with Crippen molar-refractivity contribution in [2.75, 3.05) is 38.2 Å². The quantitative estimate of drug-likeness (QED) is 0.810. The van der Waals surface area contributed by atoms with Gasteiger partial charge in [0.15, 0.2) is 0 Å². The van der Waals surface area contributed by atoms with Crippen LogP contribution in [0.15, 0.2) is 0 Å². The summed E-state index contributed by atoms with van der Waals surface area (Å²) >= 11 is 1.72. The molecule has 0 bridgehead atoms. The van der Waals surface area contributed by atoms with Crippen molar-refractivity contribution in [2.45, 2.75) is 31.8 Å². The Balaban J connectivity index is 1.92. The Morgan fingerprint density at radius 3 is 2.81 bits per heavy atom. The van der Waals surface area contributed by atoms with Gasteiger partial charge in [0.1, 0.15) is 0 Å². The molecule has 120 valence electrons. The number of rotatable bonds is 3. The number of amides is 2. The van der Waals surface area contributed by atoms with E-state index in [1.165, 1.54) is 0 Å². The third-order valence-corrected chi connectivity index (χ3v) is 5.41. The van der Waals surface area contributed by atoms with Gasteiger partial charge in [0.05, 0.1) is 12.5 Å². The van der Waals surface area contributed by atoms with E-state index in [1.807, 2.05) is 0 Å². The van der Waals surface area contributed by atoms with Gasteiger partial charge in [-0.1, -0.05) is 6.92 Å². The van der Waals surface area contributed by atoms with Gasteiger partial charge in [-0.2, -0.15) is 11.8 Å². The summed E-state index contributed by atoms with van der Waals surface area (Å²) in [5.41, 5.74) is 0. The molecule has 2 amide bonds. The minimum atomic E-state index is -0.840. The molecule has 2 N–H and O–H groups in total. The van der Waals surface area contributed by atoms with E-state index in [4.69, 9.17) is 5.11 Å². The summed E-state index contributed by atoms with van der Waals surface area (Å²) in [5, 5.41) is 12.1. The molecule has 2 heterocycles. The van der Waals surface area contributed by atoms with Crippen molar-refractivity contribution in [2.24, 2.45) is 5.92 Å². The summed E-state index contributed by atoms with van der Waals surface area (Å²) < 4.78 is 0. The maximum absolute atomic E-state index is 12.5. The van der Waals surface area contributed by atoms with E-state index in [9.17, 15) is 9.59 Å². The molecule has 21 heavy (non-hydrogen) atoms. The summed E-state index contributed by atoms with van der Waals surface area (Å²) in [6, 6.07) is -0.0977. The summed E-state index contributed by atoms with van der Waals surface area (Å²) in [5.74, 6) is 1.17. The number of hydrogen-bond acceptors (Lipinski definition) is 4. The number of carboxylic acid groups (broad SMARTS) is 1. The third kappa shape index (κ3) is 4.51. The van der Waals surface area contributed by atoms with Crippen molar-refractivity contribution < 1.29 is 14.7 Å². The molecule has 0 aromatic carbocycles. The molecule has 2 fully saturated rings. The number of likely N-dealkylation sites (tertiary alicyclic amines) is 1. The van der Waals surface area contributed by atoms with E-state index in [2.05, 4.69) is 24.2 Å². The molecule has 0 aliphatic carbocycles. The van der Waals surface area contributed by atoms with Gasteiger partial charge < -0.3 is 20.2 Å². The normalized spacial score (nSPS) is 31.0. The lowest BCUT2D eigenvalue weighted by atomic mass is 9.94. The molecule has 0 aromatic heterocycles. The molecular weight excluding hydrogens is 290 g/mol. The van der Waals surface area contributed by atoms with Crippen molar-refractivity contribution in [3.8, 4) is 0 Å². The van der Waals surface area contributed by atoms with Gasteiger partial charge in [0, 0.05) is 30.6 Å². The Morgan fingerprint density at radius 2 is 2.14 bits per heavy atom. The largest absolute Gasteiger partial charge is 0.481 e. The second-order valence-corrected chi connectivity index (χ2v) is 7.25. The van der Waals surface area contributed by atoms with E-state index in [1.54, 1.807) is 16.7 Å². The zero-order valence-electron chi connectivity index (χ0n) is 12.7. The van der Waals surface area contributed by atoms with E-state index in [0.29, 0.717) is 18.2 Å². The van der Waals surface area contributed by atoms with Gasteiger partial charge in [-0.3, -0.25) is 4.79 Å². The summed E-state index contributed by atoms with van der Waals surface area (Å²) in [7, 11) is 2.10. The van der Waals surface area contributed by atoms with E-state index >= 15 is 0 Å². The van der Waals surface area contributed by atoms with E-state index in [0.717, 1.165) is 25.3 Å². The average molecular weight is 315 g/mol. The molecule has 2 aliphatic heterocycles. The fraction of sp³-hybridized carbons (Fsp3) is 0.857. The number of carbonyl (C=O) groups is 2. The average Bonchev–Trinajstić information content (AvgIpc) is 2.42. The lowest BCUT2D eigenvalue weighted by Crippen LogP contribution is -2.56. The number of carboxylic acids is 1. The highest BCUT2D eigenvalue weighted by molar-refractivity contribution is 7.99. The first-order chi connectivity index (χ1) is 9.97. The van der Waals surface area contributed by atoms with Gasteiger partial charge in [-0.15, -0.1) is 0 Å². The predicted molar refractivity (Wildman–Crippen MR) is 83.7 cm³/mol. The molecule has 3 atom stereocenters. The Kier molecular flexibility index (Phi) is 5.75. The first kappa shape index (κ1) is 16.4. The highest BCUT2D eigenvalue weighted by Gasteiger charge is 2.32. The van der Waals surface area contributed by atoms with Crippen LogP contribution in [0.25, 0.3) is 0 Å². The van der Waals surface area contributed by atoms with Gasteiger partial charge in [-0.25, -0.2) is 4.79 Å². The standard InChI is InChI=1S/C14H25N3O3S/c1-10-8-16(2)4-3-12(10)15-14(20)17-5-6-21-9-11(17)7-13(18)19/h10-12H,3-9H2,1-2H3,(H,15,20)(H,18,19). The van der Waals surface area contributed by atoms with Crippen LogP contribution in [0.3, 0.4) is 0 Å². The highest BCUT2D eigenvalue weighted by Crippen LogP contribution is 2.21. The van der Waals surface area contributed by atoms with E-state index < -0.39 is 5.97 Å². The molecule has 2 aliphatic rings. The Morgan fingerprint density at radius 1 is 1.38 bits per heavy atom. The third-order valence-electron chi connectivity index (χ3n) is 4.32. The maximum atomic E-state index is 12.5. The molecule has 0 saturated carbocycles. The predicted octanol–water partition coefficient (Wildman–Crippen LogP) is 0.928. The smallest absolute Gasteiger partial charge is 0.317 e. The van der Waals surface area contributed by atoms with E-state index in [-0.39, 0.29) is 24.5 Å². The lowest BCUT2D eigenvalue weighted by molar-refractivity contribution is -0.138. The second kappa shape index (κ2) is 7.35. The minimum absolute atomic E-state index is 0.0311. The summed E-state index contributed by atoms with van der Waals surface area (Å²) in [4.78, 5) is 27.4. The van der Waals surface area contributed by atoms with Gasteiger partial charge in [0.25, 0.3) is 0 Å².